The Morgan fingerprint density at radius 2 is 1.73 bits per heavy atom. The molecule has 1 amide bonds. The summed E-state index contributed by atoms with van der Waals surface area (Å²) in [5.41, 5.74) is -1.61. The van der Waals surface area contributed by atoms with Gasteiger partial charge in [0.25, 0.3) is 21.5 Å². The Labute approximate surface area is 316 Å². The zero-order valence-electron chi connectivity index (χ0n) is 29.6. The molecule has 0 unspecified atom stereocenters. The van der Waals surface area contributed by atoms with Crippen molar-refractivity contribution in [2.75, 3.05) is 4.72 Å². The summed E-state index contributed by atoms with van der Waals surface area (Å²) in [6.07, 6.45) is 10.2. The summed E-state index contributed by atoms with van der Waals surface area (Å²) < 4.78 is 68.1. The average Bonchev–Trinajstić information content (AvgIpc) is 3.74. The average molecular weight is 786 g/mol. The summed E-state index contributed by atoms with van der Waals surface area (Å²) >= 11 is 0. The van der Waals surface area contributed by atoms with Crippen molar-refractivity contribution < 1.29 is 31.5 Å². The maximum absolute atomic E-state index is 15.5. The van der Waals surface area contributed by atoms with Gasteiger partial charge in [0.2, 0.25) is 0 Å². The number of hydrogen-bond acceptors (Lipinski definition) is 11. The SMILES string of the molecule is Cn1c(=O)n(-c2ccc(C[C@H](NC(=O)c3cc(F)c(NS(=O)(=O)c4ccc(-n5cncn5)cc4)cc3F)C(=O)OC3CCCCC3)cn2)c(=O)c2ccncc21. The standard InChI is InChI=1S/C37H33F2N9O7S/c1-46-32-19-40-14-13-26(32)35(50)48(37(46)52)33-12-7-22(18-42-33)15-31(36(51)55-24-5-3-2-4-6-24)44-34(49)27-16-29(39)30(17-28(27)38)45-56(53,54)25-10-8-23(9-11-25)47-21-41-20-43-47/h7-14,16-21,24,31,45H,2-6,15H2,1H3,(H,44,49)/t31-/m0/s1. The lowest BCUT2D eigenvalue weighted by Gasteiger charge is -2.25. The molecule has 1 aliphatic carbocycles. The van der Waals surface area contributed by atoms with E-state index >= 15 is 8.78 Å². The first kappa shape index (κ1) is 37.7. The summed E-state index contributed by atoms with van der Waals surface area (Å²) in [4.78, 5) is 65.1. The van der Waals surface area contributed by atoms with Gasteiger partial charge in [0.1, 0.15) is 42.3 Å². The van der Waals surface area contributed by atoms with Crippen molar-refractivity contribution >= 4 is 38.5 Å². The third-order valence-corrected chi connectivity index (χ3v) is 10.7. The highest BCUT2D eigenvalue weighted by atomic mass is 32.2. The smallest absolute Gasteiger partial charge is 0.337 e. The number of nitrogens with one attached hydrogen (secondary N) is 2. The van der Waals surface area contributed by atoms with Crippen molar-refractivity contribution in [1.82, 2.24) is 39.2 Å². The molecule has 4 heterocycles. The van der Waals surface area contributed by atoms with Gasteiger partial charge in [0, 0.05) is 31.9 Å². The highest BCUT2D eigenvalue weighted by molar-refractivity contribution is 7.92. The highest BCUT2D eigenvalue weighted by Crippen LogP contribution is 2.25. The fraction of sp³-hybridized carbons (Fsp3) is 0.243. The first-order valence-corrected chi connectivity index (χ1v) is 18.9. The van der Waals surface area contributed by atoms with Gasteiger partial charge in [-0.25, -0.2) is 46.0 Å². The highest BCUT2D eigenvalue weighted by Gasteiger charge is 2.29. The first-order chi connectivity index (χ1) is 26.9. The number of rotatable bonds is 11. The lowest BCUT2D eigenvalue weighted by molar-refractivity contribution is -0.152. The van der Waals surface area contributed by atoms with Crippen molar-refractivity contribution in [3.8, 4) is 11.5 Å². The zero-order chi connectivity index (χ0) is 39.6. The van der Waals surface area contributed by atoms with E-state index in [2.05, 4.69) is 25.4 Å². The van der Waals surface area contributed by atoms with E-state index < -0.39 is 68.2 Å². The van der Waals surface area contributed by atoms with Crippen LogP contribution in [0.15, 0.2) is 100 Å². The number of anilines is 1. The van der Waals surface area contributed by atoms with Crippen LogP contribution in [0, 0.1) is 11.6 Å². The van der Waals surface area contributed by atoms with E-state index in [1.165, 1.54) is 90.0 Å². The van der Waals surface area contributed by atoms with Crippen molar-refractivity contribution in [3.05, 3.63) is 129 Å². The van der Waals surface area contributed by atoms with Crippen LogP contribution in [0.3, 0.4) is 0 Å². The number of sulfonamides is 1. The number of esters is 1. The van der Waals surface area contributed by atoms with Crippen LogP contribution in [0.4, 0.5) is 14.5 Å². The van der Waals surface area contributed by atoms with Gasteiger partial charge in [-0.2, -0.15) is 5.10 Å². The maximum atomic E-state index is 15.5. The minimum Gasteiger partial charge on any atom is -0.461 e. The van der Waals surface area contributed by atoms with Gasteiger partial charge < -0.3 is 10.1 Å². The van der Waals surface area contributed by atoms with E-state index in [0.29, 0.717) is 41.7 Å². The molecule has 2 N–H and O–H groups in total. The molecule has 1 atom stereocenters. The Kier molecular flexibility index (Phi) is 10.5. The molecule has 0 spiro atoms. The molecule has 2 aromatic carbocycles. The second kappa shape index (κ2) is 15.6. The van der Waals surface area contributed by atoms with Gasteiger partial charge in [-0.05, 0) is 73.7 Å². The molecule has 56 heavy (non-hydrogen) atoms. The Hall–Kier alpha value is -6.63. The van der Waals surface area contributed by atoms with Gasteiger partial charge in [-0.15, -0.1) is 0 Å². The number of halogens is 2. The van der Waals surface area contributed by atoms with Crippen LogP contribution in [0.2, 0.25) is 0 Å². The van der Waals surface area contributed by atoms with Crippen LogP contribution in [0.25, 0.3) is 22.4 Å². The van der Waals surface area contributed by atoms with Gasteiger partial charge in [-0.1, -0.05) is 12.5 Å². The normalized spacial score (nSPS) is 14.0. The molecule has 16 nitrogen and oxygen atoms in total. The number of carbonyl (C=O) groups is 2. The van der Waals surface area contributed by atoms with Crippen LogP contribution in [-0.2, 0) is 33.0 Å². The molecule has 0 radical (unpaired) electrons. The monoisotopic (exact) mass is 785 g/mol. The van der Waals surface area contributed by atoms with E-state index in [-0.39, 0.29) is 22.5 Å². The number of aryl methyl sites for hydroxylation is 1. The molecule has 1 aliphatic rings. The minimum atomic E-state index is -4.40. The molecule has 1 saturated carbocycles. The predicted octanol–water partition coefficient (Wildman–Crippen LogP) is 3.36. The third kappa shape index (κ3) is 7.79. The number of amides is 1. The number of hydrogen-bond donors (Lipinski definition) is 2. The number of ether oxygens (including phenoxy) is 1. The second-order valence-electron chi connectivity index (χ2n) is 13.1. The molecule has 0 saturated heterocycles. The summed E-state index contributed by atoms with van der Waals surface area (Å²) in [7, 11) is -2.91. The number of nitrogens with zero attached hydrogens (tertiary/aromatic N) is 7. The van der Waals surface area contributed by atoms with Crippen molar-refractivity contribution in [2.24, 2.45) is 7.05 Å². The first-order valence-electron chi connectivity index (χ1n) is 17.4. The van der Waals surface area contributed by atoms with Crippen LogP contribution < -0.4 is 21.3 Å². The number of benzene rings is 2. The minimum absolute atomic E-state index is 0.000450. The summed E-state index contributed by atoms with van der Waals surface area (Å²) in [5.74, 6) is -4.52. The molecule has 19 heteroatoms. The van der Waals surface area contributed by atoms with Crippen molar-refractivity contribution in [2.45, 2.75) is 55.6 Å². The molecule has 6 aromatic rings. The van der Waals surface area contributed by atoms with E-state index in [0.717, 1.165) is 23.8 Å². The fourth-order valence-electron chi connectivity index (χ4n) is 6.38. The van der Waals surface area contributed by atoms with Gasteiger partial charge >= 0.3 is 11.7 Å². The molecule has 0 bridgehead atoms. The molecule has 0 aliphatic heterocycles. The third-order valence-electron chi connectivity index (χ3n) is 9.35. The quantitative estimate of drug-likeness (QED) is 0.183. The predicted molar refractivity (Wildman–Crippen MR) is 197 cm³/mol. The largest absolute Gasteiger partial charge is 0.461 e. The number of pyridine rings is 2. The Balaban J connectivity index is 1.11. The number of fused-ring (bicyclic) bond motifs is 1. The number of carbonyl (C=O) groups excluding carboxylic acids is 2. The Morgan fingerprint density at radius 1 is 0.964 bits per heavy atom. The number of aromatic nitrogens is 7. The van der Waals surface area contributed by atoms with Gasteiger partial charge in [-0.3, -0.25) is 23.9 Å². The summed E-state index contributed by atoms with van der Waals surface area (Å²) in [6.45, 7) is 0. The van der Waals surface area contributed by atoms with Gasteiger partial charge in [0.15, 0.2) is 0 Å². The zero-order valence-corrected chi connectivity index (χ0v) is 30.4. The van der Waals surface area contributed by atoms with Crippen LogP contribution in [-0.4, -0.2) is 66.3 Å². The van der Waals surface area contributed by atoms with Crippen LogP contribution >= 0.6 is 0 Å². The molecular weight excluding hydrogens is 753 g/mol. The summed E-state index contributed by atoms with van der Waals surface area (Å²) in [5, 5.41) is 6.63. The Bertz CT molecular complexity index is 2660. The van der Waals surface area contributed by atoms with Crippen molar-refractivity contribution in [1.29, 1.82) is 0 Å². The lowest BCUT2D eigenvalue weighted by atomic mass is 9.97. The second-order valence-corrected chi connectivity index (χ2v) is 14.8. The van der Waals surface area contributed by atoms with Crippen LogP contribution in [0.5, 0.6) is 0 Å². The van der Waals surface area contributed by atoms with E-state index in [9.17, 15) is 27.6 Å². The van der Waals surface area contributed by atoms with E-state index in [4.69, 9.17) is 4.74 Å². The van der Waals surface area contributed by atoms with E-state index in [1.807, 2.05) is 4.72 Å². The Morgan fingerprint density at radius 3 is 2.43 bits per heavy atom. The molecule has 4 aromatic heterocycles. The molecule has 288 valence electrons. The van der Waals surface area contributed by atoms with Crippen molar-refractivity contribution in [3.63, 3.8) is 0 Å². The molecule has 7 rings (SSSR count). The van der Waals surface area contributed by atoms with Crippen LogP contribution in [0.1, 0.15) is 48.0 Å². The van der Waals surface area contributed by atoms with Gasteiger partial charge in [0.05, 0.1) is 38.9 Å². The summed E-state index contributed by atoms with van der Waals surface area (Å²) in [6, 6.07) is 9.41. The fourth-order valence-corrected chi connectivity index (χ4v) is 7.44. The topological polar surface area (TPSA) is 202 Å². The molecule has 1 fully saturated rings. The molecular formula is C37H33F2N9O7S. The lowest BCUT2D eigenvalue weighted by Crippen LogP contribution is -2.45. The van der Waals surface area contributed by atoms with E-state index in [1.54, 1.807) is 0 Å². The maximum Gasteiger partial charge on any atom is 0.337 e.